The monoisotopic (exact) mass is 116 g/mol. The Morgan fingerprint density at radius 2 is 2.25 bits per heavy atom. The Balaban J connectivity index is 3.38. The smallest absolute Gasteiger partial charge is 0.0806 e. The summed E-state index contributed by atoms with van der Waals surface area (Å²) in [6.45, 7) is 1.98. The molecule has 2 heteroatoms. The fourth-order valence-electron chi connectivity index (χ4n) is 0.506. The topological polar surface area (TPSA) is 40.5 Å². The molecule has 0 amide bonds. The molecule has 0 aromatic heterocycles. The maximum atomic E-state index is 8.43. The van der Waals surface area contributed by atoms with Gasteiger partial charge in [0.15, 0.2) is 0 Å². The van der Waals surface area contributed by atoms with Gasteiger partial charge in [-0.2, -0.15) is 0 Å². The van der Waals surface area contributed by atoms with Gasteiger partial charge in [-0.3, -0.25) is 0 Å². The molecule has 0 heterocycles. The molecule has 0 aromatic rings. The summed E-state index contributed by atoms with van der Waals surface area (Å²) in [5.41, 5.74) is 0.701. The molecule has 2 nitrogen and oxygen atoms in total. The summed E-state index contributed by atoms with van der Waals surface area (Å²) in [6.07, 6.45) is 2.73. The minimum atomic E-state index is -0.0235. The highest BCUT2D eigenvalue weighted by molar-refractivity contribution is 4.95. The average molecular weight is 116 g/mol. The summed E-state index contributed by atoms with van der Waals surface area (Å²) in [4.78, 5) is 0. The predicted molar refractivity (Wildman–Crippen MR) is 32.7 cm³/mol. The van der Waals surface area contributed by atoms with E-state index in [0.717, 1.165) is 19.1 Å². The van der Waals surface area contributed by atoms with Crippen LogP contribution >= 0.6 is 0 Å². The molecule has 0 radical (unpaired) electrons. The molecule has 0 saturated carbocycles. The molecule has 0 aromatic carbocycles. The number of aliphatic hydroxyl groups excluding tert-OH is 2. The van der Waals surface area contributed by atoms with E-state index in [0.29, 0.717) is 5.57 Å². The van der Waals surface area contributed by atoms with Crippen molar-refractivity contribution in [3.8, 4) is 0 Å². The first-order valence-corrected chi connectivity index (χ1v) is 2.78. The molecule has 0 saturated heterocycles. The Morgan fingerprint density at radius 1 is 1.62 bits per heavy atom. The van der Waals surface area contributed by atoms with E-state index in [1.54, 1.807) is 0 Å². The zero-order chi connectivity index (χ0) is 6.41. The quantitative estimate of drug-likeness (QED) is 0.544. The Kier molecular flexibility index (Phi) is 4.36. The molecule has 0 aliphatic rings. The van der Waals surface area contributed by atoms with Crippen molar-refractivity contribution in [2.24, 2.45) is 0 Å². The van der Waals surface area contributed by atoms with Crippen LogP contribution < -0.4 is 0 Å². The first-order valence-electron chi connectivity index (χ1n) is 2.78. The van der Waals surface area contributed by atoms with Crippen LogP contribution in [-0.2, 0) is 0 Å². The van der Waals surface area contributed by atoms with E-state index in [9.17, 15) is 0 Å². The Bertz CT molecular complexity index is 76.6. The summed E-state index contributed by atoms with van der Waals surface area (Å²) in [6, 6.07) is 0. The van der Waals surface area contributed by atoms with Crippen molar-refractivity contribution < 1.29 is 10.2 Å². The zero-order valence-corrected chi connectivity index (χ0v) is 5.09. The van der Waals surface area contributed by atoms with Gasteiger partial charge in [0.1, 0.15) is 0 Å². The average Bonchev–Trinajstić information content (AvgIpc) is 1.83. The molecule has 0 fully saturated rings. The van der Waals surface area contributed by atoms with Crippen molar-refractivity contribution in [1.29, 1.82) is 0 Å². The van der Waals surface area contributed by atoms with Gasteiger partial charge in [0, 0.05) is 0 Å². The molecule has 0 bridgehead atoms. The van der Waals surface area contributed by atoms with Crippen LogP contribution in [0.1, 0.15) is 19.8 Å². The van der Waals surface area contributed by atoms with Gasteiger partial charge in [0.25, 0.3) is 0 Å². The second-order valence-corrected chi connectivity index (χ2v) is 1.70. The lowest BCUT2D eigenvalue weighted by Crippen LogP contribution is -1.88. The third-order valence-corrected chi connectivity index (χ3v) is 0.957. The highest BCUT2D eigenvalue weighted by Crippen LogP contribution is 2.00. The van der Waals surface area contributed by atoms with E-state index < -0.39 is 0 Å². The maximum Gasteiger partial charge on any atom is 0.0806 e. The van der Waals surface area contributed by atoms with Crippen molar-refractivity contribution >= 4 is 0 Å². The van der Waals surface area contributed by atoms with Gasteiger partial charge < -0.3 is 10.2 Å². The van der Waals surface area contributed by atoms with Crippen LogP contribution in [0.25, 0.3) is 0 Å². The van der Waals surface area contributed by atoms with Crippen LogP contribution in [0.4, 0.5) is 0 Å². The SMILES string of the molecule is CCCC(=CO)CO. The van der Waals surface area contributed by atoms with E-state index in [-0.39, 0.29) is 6.61 Å². The Hall–Kier alpha value is -0.500. The largest absolute Gasteiger partial charge is 0.516 e. The minimum Gasteiger partial charge on any atom is -0.516 e. The van der Waals surface area contributed by atoms with Crippen molar-refractivity contribution in [1.82, 2.24) is 0 Å². The summed E-state index contributed by atoms with van der Waals surface area (Å²) >= 11 is 0. The molecule has 8 heavy (non-hydrogen) atoms. The van der Waals surface area contributed by atoms with Gasteiger partial charge >= 0.3 is 0 Å². The molecule has 48 valence electrons. The fraction of sp³-hybridized carbons (Fsp3) is 0.667. The number of rotatable bonds is 3. The number of hydrogen-bond donors (Lipinski definition) is 2. The summed E-state index contributed by atoms with van der Waals surface area (Å²) < 4.78 is 0. The lowest BCUT2D eigenvalue weighted by atomic mass is 10.2. The maximum absolute atomic E-state index is 8.43. The van der Waals surface area contributed by atoms with Crippen LogP contribution in [0.2, 0.25) is 0 Å². The lowest BCUT2D eigenvalue weighted by Gasteiger charge is -1.95. The second-order valence-electron chi connectivity index (χ2n) is 1.70. The van der Waals surface area contributed by atoms with E-state index in [4.69, 9.17) is 10.2 Å². The van der Waals surface area contributed by atoms with Gasteiger partial charge in [-0.05, 0) is 12.0 Å². The molecule has 2 N–H and O–H groups in total. The molecule has 0 unspecified atom stereocenters. The first-order chi connectivity index (χ1) is 3.85. The van der Waals surface area contributed by atoms with Gasteiger partial charge in [0.05, 0.1) is 12.9 Å². The molecule has 0 atom stereocenters. The molecule has 0 aliphatic carbocycles. The van der Waals surface area contributed by atoms with E-state index in [2.05, 4.69) is 0 Å². The summed E-state index contributed by atoms with van der Waals surface area (Å²) in [5, 5.41) is 16.8. The molecule has 0 rings (SSSR count). The fourth-order valence-corrected chi connectivity index (χ4v) is 0.506. The van der Waals surface area contributed by atoms with Crippen molar-refractivity contribution in [3.63, 3.8) is 0 Å². The molecule has 0 spiro atoms. The third-order valence-electron chi connectivity index (χ3n) is 0.957. The summed E-state index contributed by atoms with van der Waals surface area (Å²) in [7, 11) is 0. The van der Waals surface area contributed by atoms with Gasteiger partial charge in [-0.25, -0.2) is 0 Å². The lowest BCUT2D eigenvalue weighted by molar-refractivity contribution is 0.318. The van der Waals surface area contributed by atoms with Crippen LogP contribution in [0.15, 0.2) is 11.8 Å². The second kappa shape index (κ2) is 4.65. The zero-order valence-electron chi connectivity index (χ0n) is 5.09. The normalized spacial score (nSPS) is 12.0. The van der Waals surface area contributed by atoms with Crippen molar-refractivity contribution in [3.05, 3.63) is 11.8 Å². The Morgan fingerprint density at radius 3 is 2.38 bits per heavy atom. The molecular formula is C6H12O2. The standard InChI is InChI=1S/C6H12O2/c1-2-3-6(4-7)5-8/h4,7-8H,2-3,5H2,1H3. The van der Waals surface area contributed by atoms with Crippen molar-refractivity contribution in [2.75, 3.05) is 6.61 Å². The molecular weight excluding hydrogens is 104 g/mol. The van der Waals surface area contributed by atoms with Crippen molar-refractivity contribution in [2.45, 2.75) is 19.8 Å². The third kappa shape index (κ3) is 2.64. The van der Waals surface area contributed by atoms with Crippen LogP contribution in [0.3, 0.4) is 0 Å². The predicted octanol–water partition coefficient (Wildman–Crippen LogP) is 1.22. The highest BCUT2D eigenvalue weighted by atomic mass is 16.3. The number of aliphatic hydroxyl groups is 2. The van der Waals surface area contributed by atoms with Gasteiger partial charge in [-0.15, -0.1) is 0 Å². The summed E-state index contributed by atoms with van der Waals surface area (Å²) in [5.74, 6) is 0. The van der Waals surface area contributed by atoms with Crippen LogP contribution in [0, 0.1) is 0 Å². The highest BCUT2D eigenvalue weighted by Gasteiger charge is 1.89. The number of hydrogen-bond acceptors (Lipinski definition) is 2. The van der Waals surface area contributed by atoms with E-state index in [1.807, 2.05) is 6.92 Å². The van der Waals surface area contributed by atoms with Crippen LogP contribution in [-0.4, -0.2) is 16.8 Å². The minimum absolute atomic E-state index is 0.0235. The Labute approximate surface area is 49.5 Å². The molecule has 0 aliphatic heterocycles. The van der Waals surface area contributed by atoms with Gasteiger partial charge in [0.2, 0.25) is 0 Å². The first kappa shape index (κ1) is 7.50. The van der Waals surface area contributed by atoms with Gasteiger partial charge in [-0.1, -0.05) is 13.3 Å². The van der Waals surface area contributed by atoms with E-state index >= 15 is 0 Å². The van der Waals surface area contributed by atoms with E-state index in [1.165, 1.54) is 0 Å². The van der Waals surface area contributed by atoms with Crippen LogP contribution in [0.5, 0.6) is 0 Å².